The van der Waals surface area contributed by atoms with E-state index in [0.29, 0.717) is 28.7 Å². The maximum atomic E-state index is 12.1. The van der Waals surface area contributed by atoms with Crippen molar-refractivity contribution in [2.75, 3.05) is 21.1 Å². The number of amides is 1. The molecule has 0 spiro atoms. The molecule has 10 heteroatoms. The van der Waals surface area contributed by atoms with E-state index in [-0.39, 0.29) is 24.1 Å². The predicted molar refractivity (Wildman–Crippen MR) is 123 cm³/mol. The van der Waals surface area contributed by atoms with E-state index in [1.54, 1.807) is 42.4 Å². The van der Waals surface area contributed by atoms with E-state index in [2.05, 4.69) is 36.0 Å². The van der Waals surface area contributed by atoms with Crippen LogP contribution in [-0.2, 0) is 11.3 Å². The van der Waals surface area contributed by atoms with Crippen LogP contribution < -0.4 is 0 Å². The summed E-state index contributed by atoms with van der Waals surface area (Å²) in [5.41, 5.74) is 2.66. The Hall–Kier alpha value is -3.69. The molecule has 1 atom stereocenters. The van der Waals surface area contributed by atoms with Crippen molar-refractivity contribution in [1.82, 2.24) is 25.1 Å². The Bertz CT molecular complexity index is 1140. The smallest absolute Gasteiger partial charge is 0.254 e. The average Bonchev–Trinajstić information content (AvgIpc) is 3.31. The number of amidine groups is 1. The summed E-state index contributed by atoms with van der Waals surface area (Å²) in [4.78, 5) is 18.0. The molecule has 0 saturated carbocycles. The Morgan fingerprint density at radius 1 is 1.24 bits per heavy atom. The number of carbonyl (C=O) groups is 1. The number of hydrogen-bond donors (Lipinski definition) is 0. The SMILES string of the molecule is Cc1cc(C2N(C)N=C3C=C(C(C)(C)C)C(OCc4ccc(C(=O)N(C)C)cn4)=NN32)no1. The highest BCUT2D eigenvalue weighted by Gasteiger charge is 2.40. The number of carbonyl (C=O) groups excluding carboxylic acids is 1. The van der Waals surface area contributed by atoms with E-state index in [0.717, 1.165) is 11.3 Å². The van der Waals surface area contributed by atoms with Gasteiger partial charge in [-0.05, 0) is 30.5 Å². The topological polar surface area (TPSA) is 99.7 Å². The molecule has 0 aromatic carbocycles. The first-order valence-electron chi connectivity index (χ1n) is 10.7. The molecule has 2 aliphatic heterocycles. The van der Waals surface area contributed by atoms with Gasteiger partial charge in [-0.3, -0.25) is 14.8 Å². The molecule has 4 rings (SSSR count). The fraction of sp³-hybridized carbons (Fsp3) is 0.435. The molecule has 2 aliphatic rings. The van der Waals surface area contributed by atoms with Crippen LogP contribution in [0.4, 0.5) is 0 Å². The molecule has 0 aliphatic carbocycles. The van der Waals surface area contributed by atoms with Crippen molar-refractivity contribution in [2.45, 2.75) is 40.5 Å². The van der Waals surface area contributed by atoms with Crippen LogP contribution in [0.25, 0.3) is 0 Å². The lowest BCUT2D eigenvalue weighted by Crippen LogP contribution is -2.36. The van der Waals surface area contributed by atoms with Crippen molar-refractivity contribution in [2.24, 2.45) is 15.6 Å². The van der Waals surface area contributed by atoms with Gasteiger partial charge in [-0.1, -0.05) is 25.9 Å². The molecule has 174 valence electrons. The molecule has 1 unspecified atom stereocenters. The first kappa shape index (κ1) is 22.5. The third-order valence-corrected chi connectivity index (χ3v) is 5.34. The molecule has 1 amide bonds. The van der Waals surface area contributed by atoms with Crippen LogP contribution in [0.2, 0.25) is 0 Å². The summed E-state index contributed by atoms with van der Waals surface area (Å²) in [5, 5.41) is 17.2. The minimum Gasteiger partial charge on any atom is -0.470 e. The molecule has 2 aromatic heterocycles. The summed E-state index contributed by atoms with van der Waals surface area (Å²) in [6, 6.07) is 5.41. The van der Waals surface area contributed by atoms with Gasteiger partial charge in [0.25, 0.3) is 5.91 Å². The Labute approximate surface area is 193 Å². The minimum absolute atomic E-state index is 0.0938. The van der Waals surface area contributed by atoms with Crippen LogP contribution in [0.3, 0.4) is 0 Å². The third kappa shape index (κ3) is 4.46. The second-order valence-corrected chi connectivity index (χ2v) is 9.35. The molecular formula is C23H29N7O3. The van der Waals surface area contributed by atoms with Crippen molar-refractivity contribution >= 4 is 17.6 Å². The van der Waals surface area contributed by atoms with Crippen molar-refractivity contribution < 1.29 is 14.1 Å². The normalized spacial score (nSPS) is 17.9. The zero-order valence-electron chi connectivity index (χ0n) is 20.0. The molecule has 4 heterocycles. The second kappa shape index (κ2) is 8.34. The number of aryl methyl sites for hydroxylation is 1. The van der Waals surface area contributed by atoms with Gasteiger partial charge in [-0.25, -0.2) is 5.01 Å². The number of pyridine rings is 1. The van der Waals surface area contributed by atoms with E-state index in [4.69, 9.17) is 14.4 Å². The molecular weight excluding hydrogens is 422 g/mol. The number of fused-ring (bicyclic) bond motifs is 1. The van der Waals surface area contributed by atoms with Gasteiger partial charge in [-0.15, -0.1) is 5.10 Å². The second-order valence-electron chi connectivity index (χ2n) is 9.35. The predicted octanol–water partition coefficient (Wildman–Crippen LogP) is 3.16. The van der Waals surface area contributed by atoms with Crippen LogP contribution in [0.15, 0.2) is 50.8 Å². The zero-order valence-corrected chi connectivity index (χ0v) is 20.0. The molecule has 0 bridgehead atoms. The molecule has 10 nitrogen and oxygen atoms in total. The molecule has 2 aromatic rings. The van der Waals surface area contributed by atoms with Crippen LogP contribution >= 0.6 is 0 Å². The highest BCUT2D eigenvalue weighted by molar-refractivity contribution is 6.07. The molecule has 0 radical (unpaired) electrons. The lowest BCUT2D eigenvalue weighted by Gasteiger charge is -2.31. The Morgan fingerprint density at radius 3 is 2.58 bits per heavy atom. The van der Waals surface area contributed by atoms with Crippen molar-refractivity contribution in [3.05, 3.63) is 58.8 Å². The lowest BCUT2D eigenvalue weighted by molar-refractivity contribution is 0.0827. The van der Waals surface area contributed by atoms with E-state index in [1.807, 2.05) is 26.1 Å². The van der Waals surface area contributed by atoms with Crippen molar-refractivity contribution in [1.29, 1.82) is 0 Å². The van der Waals surface area contributed by atoms with E-state index >= 15 is 0 Å². The fourth-order valence-electron chi connectivity index (χ4n) is 3.59. The number of ether oxygens (including phenoxy) is 1. The van der Waals surface area contributed by atoms with E-state index in [9.17, 15) is 4.79 Å². The van der Waals surface area contributed by atoms with E-state index < -0.39 is 0 Å². The van der Waals surface area contributed by atoms with Crippen LogP contribution in [0.1, 0.15) is 54.4 Å². The summed E-state index contributed by atoms with van der Waals surface area (Å²) in [7, 11) is 5.30. The standard InChI is InChI=1S/C23H29N7O3/c1-14-10-18(27-33-14)21-29(7)25-19-11-17(23(2,3)4)20(26-30(19)21)32-13-16-9-8-15(12-24-16)22(31)28(5)6/h8-12,21H,13H2,1-7H3. The van der Waals surface area contributed by atoms with Gasteiger partial charge in [0.05, 0.1) is 11.3 Å². The first-order chi connectivity index (χ1) is 15.5. The summed E-state index contributed by atoms with van der Waals surface area (Å²) in [6.45, 7) is 8.37. The van der Waals surface area contributed by atoms with Crippen LogP contribution in [0, 0.1) is 12.3 Å². The lowest BCUT2D eigenvalue weighted by atomic mass is 9.85. The summed E-state index contributed by atoms with van der Waals surface area (Å²) >= 11 is 0. The summed E-state index contributed by atoms with van der Waals surface area (Å²) < 4.78 is 11.4. The highest BCUT2D eigenvalue weighted by atomic mass is 16.5. The molecule has 33 heavy (non-hydrogen) atoms. The van der Waals surface area contributed by atoms with Crippen molar-refractivity contribution in [3.8, 4) is 0 Å². The summed E-state index contributed by atoms with van der Waals surface area (Å²) in [6.07, 6.45) is 3.23. The van der Waals surface area contributed by atoms with Gasteiger partial charge in [0.1, 0.15) is 18.1 Å². The van der Waals surface area contributed by atoms with Gasteiger partial charge in [0.2, 0.25) is 5.90 Å². The average molecular weight is 452 g/mol. The molecule has 0 saturated heterocycles. The number of hydrazone groups is 2. The molecule has 0 N–H and O–H groups in total. The maximum absolute atomic E-state index is 12.1. The third-order valence-electron chi connectivity index (χ3n) is 5.34. The fourth-order valence-corrected chi connectivity index (χ4v) is 3.59. The van der Waals surface area contributed by atoms with Gasteiger partial charge in [0.15, 0.2) is 12.0 Å². The van der Waals surface area contributed by atoms with Crippen molar-refractivity contribution in [3.63, 3.8) is 0 Å². The van der Waals surface area contributed by atoms with Gasteiger partial charge >= 0.3 is 0 Å². The Balaban J connectivity index is 1.58. The number of aromatic nitrogens is 2. The number of hydrogen-bond acceptors (Lipinski definition) is 9. The quantitative estimate of drug-likeness (QED) is 0.704. The Kier molecular flexibility index (Phi) is 5.69. The van der Waals surface area contributed by atoms with Gasteiger partial charge < -0.3 is 14.2 Å². The Morgan fingerprint density at radius 2 is 2.00 bits per heavy atom. The monoisotopic (exact) mass is 451 g/mol. The van der Waals surface area contributed by atoms with Gasteiger partial charge in [-0.2, -0.15) is 5.10 Å². The maximum Gasteiger partial charge on any atom is 0.254 e. The minimum atomic E-state index is -0.330. The first-order valence-corrected chi connectivity index (χ1v) is 10.7. The van der Waals surface area contributed by atoms with Gasteiger partial charge in [0, 0.05) is 39.0 Å². The zero-order chi connectivity index (χ0) is 23.9. The van der Waals surface area contributed by atoms with Crippen LogP contribution in [0.5, 0.6) is 0 Å². The van der Waals surface area contributed by atoms with Crippen LogP contribution in [-0.4, -0.2) is 63.8 Å². The summed E-state index contributed by atoms with van der Waals surface area (Å²) in [5.74, 6) is 1.84. The largest absolute Gasteiger partial charge is 0.470 e. The number of rotatable bonds is 4. The number of nitrogens with zero attached hydrogens (tertiary/aromatic N) is 7. The highest BCUT2D eigenvalue weighted by Crippen LogP contribution is 2.37. The molecule has 0 fully saturated rings. The van der Waals surface area contributed by atoms with E-state index in [1.165, 1.54) is 4.90 Å².